The fourth-order valence-electron chi connectivity index (χ4n) is 5.69. The Kier molecular flexibility index (Phi) is 10.1. The van der Waals surface area contributed by atoms with E-state index in [9.17, 15) is 30.0 Å². The van der Waals surface area contributed by atoms with Gasteiger partial charge in [-0.25, -0.2) is 9.59 Å². The number of amides is 2. The van der Waals surface area contributed by atoms with Crippen LogP contribution in [-0.4, -0.2) is 87.7 Å². The number of rotatable bonds is 5. The van der Waals surface area contributed by atoms with Gasteiger partial charge in [-0.15, -0.1) is 0 Å². The molecule has 2 heterocycles. The molecular weight excluding hydrogens is 512 g/mol. The van der Waals surface area contributed by atoms with Crippen molar-refractivity contribution in [2.24, 2.45) is 5.41 Å². The van der Waals surface area contributed by atoms with E-state index in [1.165, 1.54) is 9.80 Å². The first kappa shape index (κ1) is 30.9. The summed E-state index contributed by atoms with van der Waals surface area (Å²) in [6, 6.07) is 14.1. The summed E-state index contributed by atoms with van der Waals surface area (Å²) in [4.78, 5) is 28.2. The van der Waals surface area contributed by atoms with E-state index in [0.717, 1.165) is 18.5 Å². The lowest BCUT2D eigenvalue weighted by atomic mass is 9.81. The molecule has 0 aromatic heterocycles. The second-order valence-electron chi connectivity index (χ2n) is 11.6. The summed E-state index contributed by atoms with van der Waals surface area (Å²) in [6.07, 6.45) is 0.828. The van der Waals surface area contributed by atoms with Gasteiger partial charge in [-0.1, -0.05) is 64.8 Å². The molecule has 0 bridgehead atoms. The highest BCUT2D eigenvalue weighted by Gasteiger charge is 2.44. The van der Waals surface area contributed by atoms with Gasteiger partial charge in [0.2, 0.25) is 0 Å². The van der Waals surface area contributed by atoms with E-state index in [4.69, 9.17) is 0 Å². The summed E-state index contributed by atoms with van der Waals surface area (Å²) in [5, 5.41) is 41.9. The van der Waals surface area contributed by atoms with Crippen LogP contribution < -0.4 is 10.2 Å². The maximum absolute atomic E-state index is 11.6. The first-order chi connectivity index (χ1) is 18.9. The predicted molar refractivity (Wildman–Crippen MR) is 155 cm³/mol. The number of hydrogen-bond acceptors (Lipinski definition) is 6. The Morgan fingerprint density at radius 3 is 2.33 bits per heavy atom. The van der Waals surface area contributed by atoms with Gasteiger partial charge in [0.05, 0.1) is 11.6 Å². The average Bonchev–Trinajstić information content (AvgIpc) is 2.91. The molecule has 2 atom stereocenters. The van der Waals surface area contributed by atoms with Crippen molar-refractivity contribution in [1.29, 1.82) is 0 Å². The van der Waals surface area contributed by atoms with Gasteiger partial charge in [0.25, 0.3) is 0 Å². The Morgan fingerprint density at radius 1 is 1.00 bits per heavy atom. The Balaban J connectivity index is 0.000000220. The molecule has 0 radical (unpaired) electrons. The third kappa shape index (κ3) is 7.10. The van der Waals surface area contributed by atoms with Gasteiger partial charge in [0, 0.05) is 56.6 Å². The maximum Gasteiger partial charge on any atom is 0.408 e. The van der Waals surface area contributed by atoms with Crippen molar-refractivity contribution in [2.75, 3.05) is 44.2 Å². The molecule has 2 aromatic carbocycles. The molecule has 220 valence electrons. The molecule has 2 saturated heterocycles. The van der Waals surface area contributed by atoms with E-state index >= 15 is 0 Å². The smallest absolute Gasteiger partial charge is 0.408 e. The molecule has 10 nitrogen and oxygen atoms in total. The van der Waals surface area contributed by atoms with Crippen LogP contribution in [0.5, 0.6) is 11.5 Å². The Labute approximate surface area is 236 Å². The van der Waals surface area contributed by atoms with E-state index in [-0.39, 0.29) is 23.0 Å². The number of carbonyl (C=O) groups is 2. The highest BCUT2D eigenvalue weighted by Crippen LogP contribution is 2.39. The van der Waals surface area contributed by atoms with Gasteiger partial charge < -0.3 is 35.5 Å². The summed E-state index contributed by atoms with van der Waals surface area (Å²) >= 11 is 0. The second-order valence-corrected chi connectivity index (χ2v) is 11.6. The van der Waals surface area contributed by atoms with E-state index in [1.54, 1.807) is 30.3 Å². The zero-order valence-electron chi connectivity index (χ0n) is 24.0. The van der Waals surface area contributed by atoms with Gasteiger partial charge >= 0.3 is 12.2 Å². The van der Waals surface area contributed by atoms with Crippen molar-refractivity contribution in [3.63, 3.8) is 0 Å². The van der Waals surface area contributed by atoms with Gasteiger partial charge in [0.1, 0.15) is 11.5 Å². The number of carboxylic acid groups (broad SMARTS) is 2. The van der Waals surface area contributed by atoms with E-state index < -0.39 is 17.7 Å². The molecule has 2 aromatic rings. The number of anilines is 1. The van der Waals surface area contributed by atoms with Crippen LogP contribution in [0, 0.1) is 5.41 Å². The Hall–Kier alpha value is -3.66. The molecule has 4 rings (SSSR count). The highest BCUT2D eigenvalue weighted by atomic mass is 16.4. The molecule has 5 N–H and O–H groups in total. The van der Waals surface area contributed by atoms with Crippen LogP contribution in [0.25, 0.3) is 0 Å². The predicted octanol–water partition coefficient (Wildman–Crippen LogP) is 4.97. The molecule has 2 fully saturated rings. The van der Waals surface area contributed by atoms with Crippen LogP contribution in [0.15, 0.2) is 48.5 Å². The van der Waals surface area contributed by atoms with Crippen LogP contribution in [0.2, 0.25) is 0 Å². The minimum absolute atomic E-state index is 0.0731. The summed E-state index contributed by atoms with van der Waals surface area (Å²) < 4.78 is 0. The average molecular weight is 557 g/mol. The zero-order chi connectivity index (χ0) is 29.5. The van der Waals surface area contributed by atoms with Crippen molar-refractivity contribution < 1.29 is 30.0 Å². The lowest BCUT2D eigenvalue weighted by Gasteiger charge is -2.46. The quantitative estimate of drug-likeness (QED) is 0.348. The first-order valence-electron chi connectivity index (χ1n) is 13.9. The van der Waals surface area contributed by atoms with E-state index in [1.807, 2.05) is 18.2 Å². The standard InChI is InChI=1S/2C15H22N2O3/c1-15(2,3)13-10-16(7-8-17(13)14(19)20)11-5-4-6-12(18)9-11;1-2-3-8-15(12-6-4-5-7-13(12)18)11-16-9-10-17(15)14(19)20/h4-6,9,13,18H,7-8,10H2,1-3H3,(H,19,20);4-7,16,18H,2-3,8-11H2,1H3,(H,19,20). The lowest BCUT2D eigenvalue weighted by molar-refractivity contribution is 0.0458. The molecule has 0 spiro atoms. The van der Waals surface area contributed by atoms with E-state index in [0.29, 0.717) is 51.3 Å². The van der Waals surface area contributed by atoms with Crippen molar-refractivity contribution >= 4 is 17.9 Å². The summed E-state index contributed by atoms with van der Waals surface area (Å²) in [5.41, 5.74) is 0.826. The first-order valence-corrected chi connectivity index (χ1v) is 13.9. The van der Waals surface area contributed by atoms with Crippen LogP contribution in [0.1, 0.15) is 52.5 Å². The second kappa shape index (κ2) is 13.1. The normalized spacial score (nSPS) is 21.4. The van der Waals surface area contributed by atoms with Crippen LogP contribution in [-0.2, 0) is 5.54 Å². The van der Waals surface area contributed by atoms with E-state index in [2.05, 4.69) is 37.9 Å². The maximum atomic E-state index is 11.6. The van der Waals surface area contributed by atoms with Crippen molar-refractivity contribution in [3.05, 3.63) is 54.1 Å². The number of unbranched alkanes of at least 4 members (excludes halogenated alkanes) is 1. The molecule has 10 heteroatoms. The molecule has 0 saturated carbocycles. The zero-order valence-corrected chi connectivity index (χ0v) is 24.0. The highest BCUT2D eigenvalue weighted by molar-refractivity contribution is 5.68. The molecule has 40 heavy (non-hydrogen) atoms. The van der Waals surface area contributed by atoms with Crippen LogP contribution >= 0.6 is 0 Å². The van der Waals surface area contributed by atoms with Crippen LogP contribution in [0.4, 0.5) is 15.3 Å². The number of nitrogens with one attached hydrogen (secondary N) is 1. The number of hydrogen-bond donors (Lipinski definition) is 5. The van der Waals surface area contributed by atoms with Gasteiger partial charge in [0.15, 0.2) is 0 Å². The number of piperazine rings is 2. The lowest BCUT2D eigenvalue weighted by Crippen LogP contribution is -2.60. The van der Waals surface area contributed by atoms with Crippen molar-refractivity contribution in [2.45, 2.75) is 58.5 Å². The molecule has 2 aliphatic heterocycles. The molecular formula is C30H44N4O6. The molecule has 0 aliphatic carbocycles. The van der Waals surface area contributed by atoms with Crippen molar-refractivity contribution in [1.82, 2.24) is 15.1 Å². The minimum atomic E-state index is -0.925. The largest absolute Gasteiger partial charge is 0.508 e. The number of phenolic OH excluding ortho intramolecular Hbond substituents is 2. The topological polar surface area (TPSA) is 137 Å². The number of phenols is 2. The summed E-state index contributed by atoms with van der Waals surface area (Å²) in [5.74, 6) is 0.397. The van der Waals surface area contributed by atoms with Gasteiger partial charge in [-0.2, -0.15) is 0 Å². The number of benzene rings is 2. The monoisotopic (exact) mass is 556 g/mol. The third-order valence-corrected chi connectivity index (χ3v) is 7.85. The Bertz CT molecular complexity index is 1150. The van der Waals surface area contributed by atoms with Gasteiger partial charge in [-0.3, -0.25) is 4.90 Å². The third-order valence-electron chi connectivity index (χ3n) is 7.85. The number of para-hydroxylation sites is 1. The Morgan fingerprint density at radius 2 is 1.73 bits per heavy atom. The number of nitrogens with zero attached hydrogens (tertiary/aromatic N) is 3. The number of aromatic hydroxyl groups is 2. The summed E-state index contributed by atoms with van der Waals surface area (Å²) in [6.45, 7) is 11.6. The minimum Gasteiger partial charge on any atom is -0.508 e. The van der Waals surface area contributed by atoms with Crippen molar-refractivity contribution in [3.8, 4) is 11.5 Å². The fourth-order valence-corrected chi connectivity index (χ4v) is 5.69. The fraction of sp³-hybridized carbons (Fsp3) is 0.533. The molecule has 2 unspecified atom stereocenters. The van der Waals surface area contributed by atoms with Crippen LogP contribution in [0.3, 0.4) is 0 Å². The SMILES string of the molecule is CC(C)(C)C1CN(c2cccc(O)c2)CCN1C(=O)O.CCCCC1(c2ccccc2O)CNCCN1C(=O)O. The van der Waals surface area contributed by atoms with Gasteiger partial charge in [-0.05, 0) is 30.0 Å². The molecule has 2 aliphatic rings. The molecule has 2 amide bonds. The summed E-state index contributed by atoms with van der Waals surface area (Å²) in [7, 11) is 0.